The van der Waals surface area contributed by atoms with E-state index in [-0.39, 0.29) is 23.5 Å². The van der Waals surface area contributed by atoms with Crippen LogP contribution in [-0.4, -0.2) is 12.5 Å². The van der Waals surface area contributed by atoms with Gasteiger partial charge in [0.1, 0.15) is 5.75 Å². The molecular formula is C20H23F2NO2. The summed E-state index contributed by atoms with van der Waals surface area (Å²) in [5.41, 5.74) is 2.96. The second-order valence-electron chi connectivity index (χ2n) is 6.93. The highest BCUT2D eigenvalue weighted by Crippen LogP contribution is 2.22. The summed E-state index contributed by atoms with van der Waals surface area (Å²) >= 11 is 0. The number of ether oxygens (including phenoxy) is 1. The van der Waals surface area contributed by atoms with Crippen molar-refractivity contribution in [3.05, 3.63) is 65.2 Å². The van der Waals surface area contributed by atoms with Crippen LogP contribution in [0, 0.1) is 0 Å². The van der Waals surface area contributed by atoms with Gasteiger partial charge in [0.25, 0.3) is 0 Å². The van der Waals surface area contributed by atoms with Crippen LogP contribution in [-0.2, 0) is 23.2 Å². The topological polar surface area (TPSA) is 38.3 Å². The molecule has 2 aromatic rings. The van der Waals surface area contributed by atoms with Crippen molar-refractivity contribution in [3.8, 4) is 5.75 Å². The number of alkyl halides is 2. The molecule has 0 spiro atoms. The van der Waals surface area contributed by atoms with E-state index in [4.69, 9.17) is 0 Å². The predicted octanol–water partition coefficient (Wildman–Crippen LogP) is 4.44. The second-order valence-corrected chi connectivity index (χ2v) is 6.93. The first kappa shape index (κ1) is 18.9. The number of rotatable bonds is 6. The van der Waals surface area contributed by atoms with Gasteiger partial charge in [-0.2, -0.15) is 8.78 Å². The molecule has 2 aromatic carbocycles. The Kier molecular flexibility index (Phi) is 6.12. The lowest BCUT2D eigenvalue weighted by Crippen LogP contribution is -2.24. The summed E-state index contributed by atoms with van der Waals surface area (Å²) < 4.78 is 28.8. The summed E-state index contributed by atoms with van der Waals surface area (Å²) in [4.78, 5) is 12.0. The van der Waals surface area contributed by atoms with Gasteiger partial charge >= 0.3 is 6.61 Å². The van der Waals surface area contributed by atoms with Crippen LogP contribution in [0.25, 0.3) is 0 Å². The third-order valence-corrected chi connectivity index (χ3v) is 3.80. The monoisotopic (exact) mass is 347 g/mol. The highest BCUT2D eigenvalue weighted by atomic mass is 19.3. The van der Waals surface area contributed by atoms with Crippen LogP contribution in [0.5, 0.6) is 5.75 Å². The maximum absolute atomic E-state index is 12.2. The number of benzene rings is 2. The first-order valence-electron chi connectivity index (χ1n) is 8.14. The lowest BCUT2D eigenvalue weighted by molar-refractivity contribution is -0.120. The van der Waals surface area contributed by atoms with Gasteiger partial charge in [-0.05, 0) is 34.2 Å². The van der Waals surface area contributed by atoms with Crippen LogP contribution in [0.2, 0.25) is 0 Å². The molecule has 0 saturated heterocycles. The van der Waals surface area contributed by atoms with Gasteiger partial charge in [0.15, 0.2) is 0 Å². The summed E-state index contributed by atoms with van der Waals surface area (Å²) in [6, 6.07) is 14.3. The number of amides is 1. The van der Waals surface area contributed by atoms with Gasteiger partial charge in [0.05, 0.1) is 6.42 Å². The molecule has 134 valence electrons. The Hall–Kier alpha value is -2.43. The van der Waals surface area contributed by atoms with Crippen molar-refractivity contribution in [1.82, 2.24) is 5.32 Å². The average molecular weight is 347 g/mol. The van der Waals surface area contributed by atoms with Gasteiger partial charge in [0.2, 0.25) is 5.91 Å². The van der Waals surface area contributed by atoms with Crippen LogP contribution in [0.4, 0.5) is 8.78 Å². The van der Waals surface area contributed by atoms with Crippen molar-refractivity contribution in [2.45, 2.75) is 45.8 Å². The fourth-order valence-corrected chi connectivity index (χ4v) is 2.40. The zero-order valence-electron chi connectivity index (χ0n) is 14.7. The normalized spacial score (nSPS) is 11.4. The van der Waals surface area contributed by atoms with E-state index in [1.54, 1.807) is 12.1 Å². The third kappa shape index (κ3) is 6.18. The van der Waals surface area contributed by atoms with E-state index >= 15 is 0 Å². The quantitative estimate of drug-likeness (QED) is 0.839. The largest absolute Gasteiger partial charge is 0.435 e. The van der Waals surface area contributed by atoms with Gasteiger partial charge in [-0.1, -0.05) is 57.2 Å². The number of carbonyl (C=O) groups excluding carboxylic acids is 1. The lowest BCUT2D eigenvalue weighted by atomic mass is 9.87. The van der Waals surface area contributed by atoms with Crippen molar-refractivity contribution >= 4 is 5.91 Å². The Labute approximate surface area is 147 Å². The van der Waals surface area contributed by atoms with E-state index < -0.39 is 6.61 Å². The zero-order valence-corrected chi connectivity index (χ0v) is 14.7. The van der Waals surface area contributed by atoms with E-state index in [0.717, 1.165) is 5.56 Å². The summed E-state index contributed by atoms with van der Waals surface area (Å²) in [5.74, 6) is -0.118. The minimum absolute atomic E-state index is 0.0538. The molecule has 2 rings (SSSR count). The maximum atomic E-state index is 12.2. The van der Waals surface area contributed by atoms with Crippen molar-refractivity contribution in [2.24, 2.45) is 0 Å². The molecule has 5 heteroatoms. The van der Waals surface area contributed by atoms with Crippen molar-refractivity contribution in [1.29, 1.82) is 0 Å². The highest BCUT2D eigenvalue weighted by Gasteiger charge is 2.13. The zero-order chi connectivity index (χ0) is 18.4. The molecule has 1 amide bonds. The minimum atomic E-state index is -2.87. The van der Waals surface area contributed by atoms with Crippen LogP contribution < -0.4 is 10.1 Å². The first-order valence-corrected chi connectivity index (χ1v) is 8.14. The predicted molar refractivity (Wildman–Crippen MR) is 93.8 cm³/mol. The van der Waals surface area contributed by atoms with Crippen LogP contribution >= 0.6 is 0 Å². The summed E-state index contributed by atoms with van der Waals surface area (Å²) in [6.07, 6.45) is 0.112. The standard InChI is InChI=1S/C20H23F2NO2/c1-20(2,3)16-9-7-14(8-10-16)13-23-18(24)12-15-5-4-6-17(11-15)25-19(21)22/h4-11,19H,12-13H2,1-3H3,(H,23,24). The van der Waals surface area contributed by atoms with Gasteiger partial charge in [-0.3, -0.25) is 4.79 Å². The molecule has 0 atom stereocenters. The molecule has 0 aromatic heterocycles. The van der Waals surface area contributed by atoms with E-state index in [2.05, 4.69) is 43.0 Å². The van der Waals surface area contributed by atoms with E-state index in [0.29, 0.717) is 12.1 Å². The first-order chi connectivity index (χ1) is 11.7. The number of hydrogen-bond donors (Lipinski definition) is 1. The molecular weight excluding hydrogens is 324 g/mol. The third-order valence-electron chi connectivity index (χ3n) is 3.80. The molecule has 0 aliphatic rings. The SMILES string of the molecule is CC(C)(C)c1ccc(CNC(=O)Cc2cccc(OC(F)F)c2)cc1. The molecule has 3 nitrogen and oxygen atoms in total. The number of halogens is 2. The molecule has 0 aliphatic carbocycles. The highest BCUT2D eigenvalue weighted by molar-refractivity contribution is 5.78. The minimum Gasteiger partial charge on any atom is -0.435 e. The summed E-state index contributed by atoms with van der Waals surface area (Å²) in [6.45, 7) is 4.00. The fraction of sp³-hybridized carbons (Fsp3) is 0.350. The Morgan fingerprint density at radius 1 is 1.08 bits per heavy atom. The Morgan fingerprint density at radius 2 is 1.76 bits per heavy atom. The van der Waals surface area contributed by atoms with E-state index in [1.165, 1.54) is 17.7 Å². The van der Waals surface area contributed by atoms with Crippen LogP contribution in [0.3, 0.4) is 0 Å². The second kappa shape index (κ2) is 8.10. The summed E-state index contributed by atoms with van der Waals surface area (Å²) in [5, 5.41) is 2.84. The molecule has 0 radical (unpaired) electrons. The Bertz CT molecular complexity index is 706. The Morgan fingerprint density at radius 3 is 2.36 bits per heavy atom. The summed E-state index contributed by atoms with van der Waals surface area (Å²) in [7, 11) is 0. The number of carbonyl (C=O) groups is 1. The molecule has 0 aliphatic heterocycles. The molecule has 25 heavy (non-hydrogen) atoms. The van der Waals surface area contributed by atoms with Crippen molar-refractivity contribution in [2.75, 3.05) is 0 Å². The van der Waals surface area contributed by atoms with Crippen LogP contribution in [0.1, 0.15) is 37.5 Å². The lowest BCUT2D eigenvalue weighted by Gasteiger charge is -2.19. The van der Waals surface area contributed by atoms with Crippen molar-refractivity contribution in [3.63, 3.8) is 0 Å². The van der Waals surface area contributed by atoms with Gasteiger partial charge in [-0.15, -0.1) is 0 Å². The number of nitrogens with one attached hydrogen (secondary N) is 1. The fourth-order valence-electron chi connectivity index (χ4n) is 2.40. The van der Waals surface area contributed by atoms with Gasteiger partial charge in [0, 0.05) is 6.54 Å². The molecule has 1 N–H and O–H groups in total. The van der Waals surface area contributed by atoms with Gasteiger partial charge in [-0.25, -0.2) is 0 Å². The Balaban J connectivity index is 1.88. The molecule has 0 unspecified atom stereocenters. The molecule has 0 heterocycles. The average Bonchev–Trinajstić information content (AvgIpc) is 2.52. The smallest absolute Gasteiger partial charge is 0.387 e. The van der Waals surface area contributed by atoms with E-state index in [1.807, 2.05) is 12.1 Å². The molecule has 0 saturated carbocycles. The van der Waals surface area contributed by atoms with Crippen molar-refractivity contribution < 1.29 is 18.3 Å². The molecule has 0 bridgehead atoms. The maximum Gasteiger partial charge on any atom is 0.387 e. The number of hydrogen-bond acceptors (Lipinski definition) is 2. The van der Waals surface area contributed by atoms with Crippen LogP contribution in [0.15, 0.2) is 48.5 Å². The van der Waals surface area contributed by atoms with Gasteiger partial charge < -0.3 is 10.1 Å². The molecule has 0 fully saturated rings. The van der Waals surface area contributed by atoms with E-state index in [9.17, 15) is 13.6 Å².